The molecule has 1 aromatic carbocycles. The molecule has 2 aliphatic heterocycles. The van der Waals surface area contributed by atoms with Gasteiger partial charge in [0.2, 0.25) is 5.91 Å². The summed E-state index contributed by atoms with van der Waals surface area (Å²) < 4.78 is 26.8. The highest BCUT2D eigenvalue weighted by atomic mass is 35.5. The van der Waals surface area contributed by atoms with E-state index >= 15 is 0 Å². The molecule has 5 nitrogen and oxygen atoms in total. The summed E-state index contributed by atoms with van der Waals surface area (Å²) in [5, 5.41) is 13.5. The zero-order valence-corrected chi connectivity index (χ0v) is 18.3. The maximum atomic E-state index is 13.4. The molecule has 1 saturated heterocycles. The molecule has 0 unspecified atom stereocenters. The van der Waals surface area contributed by atoms with Crippen molar-refractivity contribution in [3.63, 3.8) is 0 Å². The quantitative estimate of drug-likeness (QED) is 0.726. The summed E-state index contributed by atoms with van der Waals surface area (Å²) in [6, 6.07) is 2.99. The van der Waals surface area contributed by atoms with Gasteiger partial charge < -0.3 is 15.3 Å². The average molecular weight is 440 g/mol. The van der Waals surface area contributed by atoms with Crippen LogP contribution in [0.25, 0.3) is 0 Å². The summed E-state index contributed by atoms with van der Waals surface area (Å²) in [4.78, 5) is 16.2. The zero-order valence-electron chi connectivity index (χ0n) is 17.5. The largest absolute Gasteiger partial charge is 0.508 e. The summed E-state index contributed by atoms with van der Waals surface area (Å²) >= 11 is 6.30. The molecule has 0 aliphatic carbocycles. The van der Waals surface area contributed by atoms with Gasteiger partial charge >= 0.3 is 0 Å². The molecule has 1 fully saturated rings. The molecule has 2 N–H and O–H groups in total. The predicted molar refractivity (Wildman–Crippen MR) is 113 cm³/mol. The maximum absolute atomic E-state index is 13.4. The Labute approximate surface area is 181 Å². The lowest BCUT2D eigenvalue weighted by Gasteiger charge is -2.35. The highest BCUT2D eigenvalue weighted by molar-refractivity contribution is 6.31. The van der Waals surface area contributed by atoms with E-state index in [0.717, 1.165) is 0 Å². The number of nitrogens with zero attached hydrogens (tertiary/aromatic N) is 2. The summed E-state index contributed by atoms with van der Waals surface area (Å²) in [7, 11) is 0. The molecule has 1 amide bonds. The maximum Gasteiger partial charge on any atom is 0.261 e. The van der Waals surface area contributed by atoms with E-state index in [0.29, 0.717) is 28.4 Å². The molecule has 0 spiro atoms. The van der Waals surface area contributed by atoms with E-state index in [1.54, 1.807) is 4.90 Å². The van der Waals surface area contributed by atoms with Gasteiger partial charge in [-0.1, -0.05) is 11.6 Å². The van der Waals surface area contributed by atoms with Crippen molar-refractivity contribution in [2.45, 2.75) is 51.6 Å². The molecular weight excluding hydrogens is 412 g/mol. The Morgan fingerprint density at radius 3 is 2.60 bits per heavy atom. The molecule has 2 aliphatic rings. The standard InChI is InChI=1S/C22H28ClF2N3O2/c1-21(2,3)28-7-4-17(5-8-28)26-20(30)12-15-10-18(23)16(11-19(15)29)13-27-9-6-22(24,25)14-27/h4-5,7,10-11,29H,6,8-9,12-14H2,1-3H3,(H,26,30). The van der Waals surface area contributed by atoms with Gasteiger partial charge in [-0.25, -0.2) is 8.78 Å². The van der Waals surface area contributed by atoms with Crippen LogP contribution in [-0.2, 0) is 17.8 Å². The molecule has 164 valence electrons. The molecule has 0 aromatic heterocycles. The molecule has 30 heavy (non-hydrogen) atoms. The summed E-state index contributed by atoms with van der Waals surface area (Å²) in [6.45, 7) is 7.22. The smallest absolute Gasteiger partial charge is 0.261 e. The molecule has 0 bridgehead atoms. The number of carbonyl (C=O) groups excluding carboxylic acids is 1. The van der Waals surface area contributed by atoms with E-state index in [1.807, 2.05) is 18.4 Å². The van der Waals surface area contributed by atoms with Gasteiger partial charge in [0.25, 0.3) is 5.92 Å². The number of alkyl halides is 2. The average Bonchev–Trinajstić information content (AvgIpc) is 2.97. The van der Waals surface area contributed by atoms with Crippen LogP contribution in [0.2, 0.25) is 5.02 Å². The van der Waals surface area contributed by atoms with Crippen LogP contribution in [0.4, 0.5) is 8.78 Å². The van der Waals surface area contributed by atoms with Gasteiger partial charge in [0.05, 0.1) is 13.0 Å². The van der Waals surface area contributed by atoms with Crippen molar-refractivity contribution in [3.05, 3.63) is 52.3 Å². The second-order valence-electron chi connectivity index (χ2n) is 8.91. The Balaban J connectivity index is 1.59. The van der Waals surface area contributed by atoms with Crippen LogP contribution in [0.5, 0.6) is 5.75 Å². The Bertz CT molecular complexity index is 878. The SMILES string of the molecule is CC(C)(C)N1C=CC(NC(=O)Cc2cc(Cl)c(CN3CCC(F)(F)C3)cc2O)=CC1. The fraction of sp³-hybridized carbons (Fsp3) is 0.500. The van der Waals surface area contributed by atoms with Crippen molar-refractivity contribution in [1.29, 1.82) is 0 Å². The van der Waals surface area contributed by atoms with Gasteiger partial charge in [0.15, 0.2) is 0 Å². The van der Waals surface area contributed by atoms with Crippen molar-refractivity contribution >= 4 is 17.5 Å². The Morgan fingerprint density at radius 2 is 2.03 bits per heavy atom. The zero-order chi connectivity index (χ0) is 22.1. The highest BCUT2D eigenvalue weighted by Crippen LogP contribution is 2.32. The van der Waals surface area contributed by atoms with Crippen molar-refractivity contribution in [1.82, 2.24) is 15.1 Å². The van der Waals surface area contributed by atoms with Crippen LogP contribution in [-0.4, -0.2) is 51.9 Å². The normalized spacial score (nSPS) is 19.1. The fourth-order valence-corrected chi connectivity index (χ4v) is 3.80. The highest BCUT2D eigenvalue weighted by Gasteiger charge is 2.38. The third kappa shape index (κ3) is 5.73. The Hall–Kier alpha value is -2.12. The van der Waals surface area contributed by atoms with Crippen molar-refractivity contribution in [2.24, 2.45) is 0 Å². The van der Waals surface area contributed by atoms with Crippen LogP contribution < -0.4 is 5.32 Å². The van der Waals surface area contributed by atoms with Crippen LogP contribution >= 0.6 is 11.6 Å². The van der Waals surface area contributed by atoms with E-state index < -0.39 is 5.92 Å². The number of hydrogen-bond acceptors (Lipinski definition) is 4. The lowest BCUT2D eigenvalue weighted by molar-refractivity contribution is -0.119. The summed E-state index contributed by atoms with van der Waals surface area (Å²) in [5.41, 5.74) is 1.66. The van der Waals surface area contributed by atoms with Gasteiger partial charge in [-0.2, -0.15) is 0 Å². The minimum atomic E-state index is -2.68. The number of phenolic OH excluding ortho intramolecular Hbond substituents is 1. The number of likely N-dealkylation sites (tertiary alicyclic amines) is 1. The number of carbonyl (C=O) groups is 1. The van der Waals surface area contributed by atoms with E-state index in [9.17, 15) is 18.7 Å². The van der Waals surface area contributed by atoms with Gasteiger partial charge in [-0.05, 0) is 50.6 Å². The number of benzene rings is 1. The van der Waals surface area contributed by atoms with E-state index in [-0.39, 0.29) is 49.7 Å². The minimum absolute atomic E-state index is 0.00219. The van der Waals surface area contributed by atoms with E-state index in [1.165, 1.54) is 12.1 Å². The first-order chi connectivity index (χ1) is 13.9. The van der Waals surface area contributed by atoms with Gasteiger partial charge in [0.1, 0.15) is 5.75 Å². The monoisotopic (exact) mass is 439 g/mol. The number of nitrogens with one attached hydrogen (secondary N) is 1. The lowest BCUT2D eigenvalue weighted by Crippen LogP contribution is -2.39. The van der Waals surface area contributed by atoms with Crippen LogP contribution in [0, 0.1) is 0 Å². The number of amides is 1. The molecule has 0 atom stereocenters. The first-order valence-corrected chi connectivity index (χ1v) is 10.4. The third-order valence-electron chi connectivity index (χ3n) is 5.33. The van der Waals surface area contributed by atoms with E-state index in [4.69, 9.17) is 11.6 Å². The number of phenols is 1. The van der Waals surface area contributed by atoms with Crippen molar-refractivity contribution in [2.75, 3.05) is 19.6 Å². The number of halogens is 3. The molecule has 8 heteroatoms. The van der Waals surface area contributed by atoms with E-state index in [2.05, 4.69) is 31.0 Å². The second kappa shape index (κ2) is 8.55. The minimum Gasteiger partial charge on any atom is -0.508 e. The van der Waals surface area contributed by atoms with Crippen LogP contribution in [0.3, 0.4) is 0 Å². The molecule has 0 saturated carbocycles. The topological polar surface area (TPSA) is 55.8 Å². The van der Waals surface area contributed by atoms with Gasteiger partial charge in [-0.3, -0.25) is 9.69 Å². The Kier molecular flexibility index (Phi) is 6.43. The van der Waals surface area contributed by atoms with Crippen LogP contribution in [0.15, 0.2) is 36.2 Å². The predicted octanol–water partition coefficient (Wildman–Crippen LogP) is 4.06. The summed E-state index contributed by atoms with van der Waals surface area (Å²) in [5.74, 6) is -3.02. The molecule has 0 radical (unpaired) electrons. The second-order valence-corrected chi connectivity index (χ2v) is 9.32. The first-order valence-electron chi connectivity index (χ1n) is 9.98. The van der Waals surface area contributed by atoms with Crippen LogP contribution in [0.1, 0.15) is 38.3 Å². The number of rotatable bonds is 5. The number of aromatic hydroxyl groups is 1. The Morgan fingerprint density at radius 1 is 1.30 bits per heavy atom. The lowest BCUT2D eigenvalue weighted by atomic mass is 10.0. The molecule has 2 heterocycles. The third-order valence-corrected chi connectivity index (χ3v) is 5.68. The molecular formula is C22H28ClF2N3O2. The van der Waals surface area contributed by atoms with Crippen molar-refractivity contribution < 1.29 is 18.7 Å². The number of allylic oxidation sites excluding steroid dienone is 1. The fourth-order valence-electron chi connectivity index (χ4n) is 3.56. The van der Waals surface area contributed by atoms with Gasteiger partial charge in [0, 0.05) is 54.1 Å². The first kappa shape index (κ1) is 22.6. The number of hydrogen-bond donors (Lipinski definition) is 2. The molecule has 3 rings (SSSR count). The summed E-state index contributed by atoms with van der Waals surface area (Å²) in [6.07, 6.45) is 5.51. The van der Waals surface area contributed by atoms with Gasteiger partial charge in [-0.15, -0.1) is 0 Å². The van der Waals surface area contributed by atoms with Crippen molar-refractivity contribution in [3.8, 4) is 5.75 Å². The molecule has 1 aromatic rings.